The van der Waals surface area contributed by atoms with Crippen LogP contribution in [0.3, 0.4) is 0 Å². The van der Waals surface area contributed by atoms with Crippen molar-refractivity contribution >= 4 is 11.8 Å². The first-order valence-electron chi connectivity index (χ1n) is 6.98. The summed E-state index contributed by atoms with van der Waals surface area (Å²) in [5, 5.41) is 0. The maximum Gasteiger partial charge on any atom is 0.0565 e. The Balaban J connectivity index is 2.01. The normalized spacial score (nSPS) is 24.1. The molecule has 1 aromatic rings. The average molecular weight is 251 g/mol. The molecule has 1 heterocycles. The van der Waals surface area contributed by atoms with Crippen molar-refractivity contribution in [2.75, 3.05) is 11.4 Å². The molecule has 1 atom stereocenters. The fraction of sp³-hybridized carbons (Fsp3) is 0.333. The minimum atomic E-state index is 0.164. The summed E-state index contributed by atoms with van der Waals surface area (Å²) in [7, 11) is 0. The maximum atomic E-state index is 2.51. The summed E-state index contributed by atoms with van der Waals surface area (Å²) in [4.78, 5) is 2.51. The Labute approximate surface area is 115 Å². The Kier molecular flexibility index (Phi) is 2.85. The van der Waals surface area contributed by atoms with Crippen molar-refractivity contribution in [1.82, 2.24) is 0 Å². The Bertz CT molecular complexity index is 575. The maximum absolute atomic E-state index is 2.51. The lowest BCUT2D eigenvalue weighted by atomic mass is 9.78. The quantitative estimate of drug-likeness (QED) is 0.713. The Morgan fingerprint density at radius 2 is 1.95 bits per heavy atom. The van der Waals surface area contributed by atoms with E-state index in [4.69, 9.17) is 0 Å². The van der Waals surface area contributed by atoms with Crippen LogP contribution in [0.2, 0.25) is 0 Å². The standard InChI is InChI=1S/C18H21N/c1-14-10-11-17(18(2,3)13-14)19-12-6-8-15-7-4-5-9-16(15)19/h4-11,13,17H,12H2,1-3H3. The van der Waals surface area contributed by atoms with E-state index >= 15 is 0 Å². The summed E-state index contributed by atoms with van der Waals surface area (Å²) in [5.41, 5.74) is 4.20. The number of benzene rings is 1. The van der Waals surface area contributed by atoms with Gasteiger partial charge in [-0.15, -0.1) is 0 Å². The zero-order valence-electron chi connectivity index (χ0n) is 11.9. The predicted molar refractivity (Wildman–Crippen MR) is 83.3 cm³/mol. The van der Waals surface area contributed by atoms with E-state index < -0.39 is 0 Å². The first kappa shape index (κ1) is 12.3. The summed E-state index contributed by atoms with van der Waals surface area (Å²) < 4.78 is 0. The monoisotopic (exact) mass is 251 g/mol. The molecule has 0 fully saturated rings. The zero-order valence-corrected chi connectivity index (χ0v) is 11.9. The van der Waals surface area contributed by atoms with Gasteiger partial charge in [0.25, 0.3) is 0 Å². The predicted octanol–water partition coefficient (Wildman–Crippen LogP) is 4.43. The van der Waals surface area contributed by atoms with Crippen molar-refractivity contribution in [2.45, 2.75) is 26.8 Å². The molecule has 0 saturated heterocycles. The molecule has 0 aromatic heterocycles. The topological polar surface area (TPSA) is 3.24 Å². The van der Waals surface area contributed by atoms with Crippen molar-refractivity contribution in [1.29, 1.82) is 0 Å². The van der Waals surface area contributed by atoms with Gasteiger partial charge < -0.3 is 4.90 Å². The van der Waals surface area contributed by atoms with Crippen LogP contribution in [-0.2, 0) is 0 Å². The van der Waals surface area contributed by atoms with E-state index in [2.05, 4.69) is 80.3 Å². The van der Waals surface area contributed by atoms with Gasteiger partial charge >= 0.3 is 0 Å². The summed E-state index contributed by atoms with van der Waals surface area (Å²) in [6.45, 7) is 7.82. The third kappa shape index (κ3) is 2.14. The lowest BCUT2D eigenvalue weighted by Crippen LogP contribution is -2.45. The number of hydrogen-bond acceptors (Lipinski definition) is 1. The molecule has 19 heavy (non-hydrogen) atoms. The molecule has 98 valence electrons. The molecule has 0 amide bonds. The van der Waals surface area contributed by atoms with Crippen LogP contribution >= 0.6 is 0 Å². The van der Waals surface area contributed by atoms with Crippen LogP contribution < -0.4 is 4.90 Å². The van der Waals surface area contributed by atoms with Gasteiger partial charge in [0.2, 0.25) is 0 Å². The molecule has 1 aliphatic carbocycles. The largest absolute Gasteiger partial charge is 0.360 e. The number of anilines is 1. The number of hydrogen-bond donors (Lipinski definition) is 0. The molecule has 1 heteroatoms. The molecule has 1 aliphatic heterocycles. The average Bonchev–Trinajstić information content (AvgIpc) is 2.37. The SMILES string of the molecule is CC1=CC(C)(C)C(N2CC=Cc3ccccc32)C=C1. The van der Waals surface area contributed by atoms with Gasteiger partial charge in [-0.25, -0.2) is 0 Å². The molecule has 1 unspecified atom stereocenters. The van der Waals surface area contributed by atoms with Crippen LogP contribution in [0.15, 0.2) is 54.1 Å². The molecule has 0 radical (unpaired) electrons. The Morgan fingerprint density at radius 3 is 2.74 bits per heavy atom. The van der Waals surface area contributed by atoms with Gasteiger partial charge in [-0.2, -0.15) is 0 Å². The lowest BCUT2D eigenvalue weighted by Gasteiger charge is -2.43. The number of nitrogens with zero attached hydrogens (tertiary/aromatic N) is 1. The molecule has 0 N–H and O–H groups in total. The summed E-state index contributed by atoms with van der Waals surface area (Å²) >= 11 is 0. The van der Waals surface area contributed by atoms with E-state index in [1.165, 1.54) is 16.8 Å². The fourth-order valence-corrected chi connectivity index (χ4v) is 3.26. The minimum absolute atomic E-state index is 0.164. The Morgan fingerprint density at radius 1 is 1.16 bits per heavy atom. The van der Waals surface area contributed by atoms with E-state index in [0.717, 1.165) is 6.54 Å². The van der Waals surface area contributed by atoms with Crippen molar-refractivity contribution < 1.29 is 0 Å². The van der Waals surface area contributed by atoms with E-state index in [1.54, 1.807) is 0 Å². The van der Waals surface area contributed by atoms with E-state index in [-0.39, 0.29) is 5.41 Å². The highest BCUT2D eigenvalue weighted by Crippen LogP contribution is 2.38. The van der Waals surface area contributed by atoms with Crippen molar-refractivity contribution in [3.63, 3.8) is 0 Å². The van der Waals surface area contributed by atoms with Crippen molar-refractivity contribution in [3.8, 4) is 0 Å². The number of fused-ring (bicyclic) bond motifs is 1. The number of allylic oxidation sites excluding steroid dienone is 2. The van der Waals surface area contributed by atoms with Gasteiger partial charge in [0.15, 0.2) is 0 Å². The fourth-order valence-electron chi connectivity index (χ4n) is 3.26. The van der Waals surface area contributed by atoms with Crippen molar-refractivity contribution in [3.05, 3.63) is 59.7 Å². The summed E-state index contributed by atoms with van der Waals surface area (Å²) in [6, 6.07) is 9.08. The van der Waals surface area contributed by atoms with Crippen LogP contribution in [0, 0.1) is 5.41 Å². The highest BCUT2D eigenvalue weighted by atomic mass is 15.2. The zero-order chi connectivity index (χ0) is 13.5. The molecule has 0 bridgehead atoms. The van der Waals surface area contributed by atoms with Gasteiger partial charge in [-0.05, 0) is 18.6 Å². The second-order valence-corrected chi connectivity index (χ2v) is 6.13. The van der Waals surface area contributed by atoms with Crippen LogP contribution in [0.1, 0.15) is 26.3 Å². The first-order chi connectivity index (χ1) is 9.08. The lowest BCUT2D eigenvalue weighted by molar-refractivity contribution is 0.398. The number of rotatable bonds is 1. The smallest absolute Gasteiger partial charge is 0.0565 e. The van der Waals surface area contributed by atoms with Crippen LogP contribution in [0.4, 0.5) is 5.69 Å². The Hall–Kier alpha value is -1.76. The first-order valence-corrected chi connectivity index (χ1v) is 6.98. The third-order valence-corrected chi connectivity index (χ3v) is 4.08. The molecule has 2 aliphatic rings. The second-order valence-electron chi connectivity index (χ2n) is 6.13. The van der Waals surface area contributed by atoms with Crippen LogP contribution in [0.25, 0.3) is 6.08 Å². The highest BCUT2D eigenvalue weighted by molar-refractivity contribution is 5.72. The van der Waals surface area contributed by atoms with Crippen LogP contribution in [0.5, 0.6) is 0 Å². The van der Waals surface area contributed by atoms with Crippen molar-refractivity contribution in [2.24, 2.45) is 5.41 Å². The van der Waals surface area contributed by atoms with E-state index in [0.29, 0.717) is 6.04 Å². The highest BCUT2D eigenvalue weighted by Gasteiger charge is 2.33. The van der Waals surface area contributed by atoms with E-state index in [9.17, 15) is 0 Å². The van der Waals surface area contributed by atoms with Gasteiger partial charge in [-0.1, -0.05) is 68.0 Å². The van der Waals surface area contributed by atoms with E-state index in [1.807, 2.05) is 0 Å². The summed E-state index contributed by atoms with van der Waals surface area (Å²) in [6.07, 6.45) is 11.5. The third-order valence-electron chi connectivity index (χ3n) is 4.08. The minimum Gasteiger partial charge on any atom is -0.360 e. The molecule has 1 aromatic carbocycles. The van der Waals surface area contributed by atoms with Gasteiger partial charge in [0.05, 0.1) is 6.04 Å². The molecule has 0 spiro atoms. The van der Waals surface area contributed by atoms with Gasteiger partial charge in [-0.3, -0.25) is 0 Å². The second kappa shape index (κ2) is 4.41. The molecule has 0 saturated carbocycles. The molecular formula is C18H21N. The van der Waals surface area contributed by atoms with Gasteiger partial charge in [0.1, 0.15) is 0 Å². The molecule has 1 nitrogen and oxygen atoms in total. The van der Waals surface area contributed by atoms with Gasteiger partial charge in [0, 0.05) is 17.6 Å². The number of para-hydroxylation sites is 1. The summed E-state index contributed by atoms with van der Waals surface area (Å²) in [5.74, 6) is 0. The molecular weight excluding hydrogens is 230 g/mol. The molecule has 3 rings (SSSR count). The van der Waals surface area contributed by atoms with Crippen LogP contribution in [-0.4, -0.2) is 12.6 Å².